The van der Waals surface area contributed by atoms with Crippen LogP contribution < -0.4 is 5.43 Å². The Morgan fingerprint density at radius 1 is 1.23 bits per heavy atom. The monoisotopic (exact) mass is 367 g/mol. The number of nitrogens with one attached hydrogen (secondary N) is 1. The van der Waals surface area contributed by atoms with Gasteiger partial charge < -0.3 is 4.74 Å². The van der Waals surface area contributed by atoms with Crippen LogP contribution in [0.1, 0.15) is 21.5 Å². The third-order valence-electron chi connectivity index (χ3n) is 3.25. The molecule has 0 saturated heterocycles. The molecule has 0 saturated carbocycles. The number of nitro groups is 1. The van der Waals surface area contributed by atoms with E-state index in [1.807, 2.05) is 0 Å². The number of carbonyl (C=O) groups excluding carboxylic acids is 1. The first-order valence-electron chi connectivity index (χ1n) is 7.05. The summed E-state index contributed by atoms with van der Waals surface area (Å²) in [5.74, 6) is -0.507. The molecule has 26 heavy (non-hydrogen) atoms. The Morgan fingerprint density at radius 3 is 2.42 bits per heavy atom. The van der Waals surface area contributed by atoms with Crippen LogP contribution in [0.15, 0.2) is 47.6 Å². The van der Waals surface area contributed by atoms with Gasteiger partial charge in [-0.15, -0.1) is 0 Å². The van der Waals surface area contributed by atoms with E-state index in [1.54, 1.807) is 12.1 Å². The highest BCUT2D eigenvalue weighted by Gasteiger charge is 2.33. The standard InChI is InChI=1S/C16H12F3N3O4/c1-26-15(23)11-4-2-10(3-5-11)9-20-21-13-7-6-12(16(17,18)19)8-14(13)22(24)25/h2-9,21H,1H3/b20-9+. The normalized spacial score (nSPS) is 11.4. The molecule has 0 bridgehead atoms. The van der Waals surface area contributed by atoms with E-state index in [4.69, 9.17) is 0 Å². The number of benzene rings is 2. The van der Waals surface area contributed by atoms with E-state index in [0.717, 1.165) is 12.1 Å². The van der Waals surface area contributed by atoms with Crippen LogP contribution in [0.3, 0.4) is 0 Å². The summed E-state index contributed by atoms with van der Waals surface area (Å²) in [4.78, 5) is 21.3. The molecule has 10 heteroatoms. The van der Waals surface area contributed by atoms with Gasteiger partial charge in [-0.25, -0.2) is 4.79 Å². The third kappa shape index (κ3) is 4.56. The summed E-state index contributed by atoms with van der Waals surface area (Å²) in [5.41, 5.74) is 1.16. The molecule has 7 nitrogen and oxygen atoms in total. The first-order valence-corrected chi connectivity index (χ1v) is 7.05. The van der Waals surface area contributed by atoms with Crippen molar-refractivity contribution in [3.8, 4) is 0 Å². The largest absolute Gasteiger partial charge is 0.465 e. The summed E-state index contributed by atoms with van der Waals surface area (Å²) in [5, 5.41) is 14.7. The van der Waals surface area contributed by atoms with Crippen LogP contribution in [0.5, 0.6) is 0 Å². The van der Waals surface area contributed by atoms with Crippen molar-refractivity contribution >= 4 is 23.6 Å². The van der Waals surface area contributed by atoms with Gasteiger partial charge in [-0.05, 0) is 29.8 Å². The molecule has 0 aliphatic rings. The molecule has 0 unspecified atom stereocenters. The van der Waals surface area contributed by atoms with Gasteiger partial charge in [0.2, 0.25) is 0 Å². The van der Waals surface area contributed by atoms with Crippen LogP contribution in [-0.4, -0.2) is 24.2 Å². The maximum Gasteiger partial charge on any atom is 0.416 e. The molecule has 2 aromatic rings. The van der Waals surface area contributed by atoms with Crippen molar-refractivity contribution in [1.29, 1.82) is 0 Å². The van der Waals surface area contributed by atoms with Gasteiger partial charge in [0.25, 0.3) is 5.69 Å². The van der Waals surface area contributed by atoms with Crippen LogP contribution in [0.25, 0.3) is 0 Å². The van der Waals surface area contributed by atoms with E-state index in [9.17, 15) is 28.1 Å². The predicted octanol–water partition coefficient (Wildman–Crippen LogP) is 3.85. The minimum Gasteiger partial charge on any atom is -0.465 e. The first-order chi connectivity index (χ1) is 12.2. The molecule has 0 aliphatic heterocycles. The SMILES string of the molecule is COC(=O)c1ccc(/C=N/Nc2ccc(C(F)(F)F)cc2[N+](=O)[O-])cc1. The molecule has 0 heterocycles. The smallest absolute Gasteiger partial charge is 0.416 e. The Balaban J connectivity index is 2.17. The number of nitro benzene ring substituents is 1. The number of methoxy groups -OCH3 is 1. The second-order valence-corrected chi connectivity index (χ2v) is 4.97. The number of hydrazone groups is 1. The average Bonchev–Trinajstić information content (AvgIpc) is 2.60. The number of rotatable bonds is 5. The first kappa shape index (κ1) is 18.9. The third-order valence-corrected chi connectivity index (χ3v) is 3.25. The second kappa shape index (κ2) is 7.64. The maximum absolute atomic E-state index is 12.6. The summed E-state index contributed by atoms with van der Waals surface area (Å²) in [6, 6.07) is 8.18. The van der Waals surface area contributed by atoms with Crippen LogP contribution in [0.2, 0.25) is 0 Å². The zero-order valence-corrected chi connectivity index (χ0v) is 13.3. The minimum atomic E-state index is -4.69. The van der Waals surface area contributed by atoms with E-state index in [-0.39, 0.29) is 5.69 Å². The lowest BCUT2D eigenvalue weighted by molar-refractivity contribution is -0.384. The number of hydrogen-bond acceptors (Lipinski definition) is 6. The van der Waals surface area contributed by atoms with Gasteiger partial charge in [0, 0.05) is 6.07 Å². The number of esters is 1. The zero-order chi connectivity index (χ0) is 19.3. The number of hydrogen-bond donors (Lipinski definition) is 1. The Labute approximate surface area is 145 Å². The van der Waals surface area contributed by atoms with Crippen molar-refractivity contribution < 1.29 is 27.6 Å². The molecule has 0 aromatic heterocycles. The number of alkyl halides is 3. The van der Waals surface area contributed by atoms with Gasteiger partial charge in [-0.3, -0.25) is 15.5 Å². The molecule has 0 amide bonds. The highest BCUT2D eigenvalue weighted by atomic mass is 19.4. The van der Waals surface area contributed by atoms with Crippen LogP contribution >= 0.6 is 0 Å². The Bertz CT molecular complexity index is 849. The number of ether oxygens (including phenoxy) is 1. The van der Waals surface area contributed by atoms with Crippen molar-refractivity contribution in [1.82, 2.24) is 0 Å². The summed E-state index contributed by atoms with van der Waals surface area (Å²) in [6.45, 7) is 0. The fraction of sp³-hybridized carbons (Fsp3) is 0.125. The lowest BCUT2D eigenvalue weighted by Gasteiger charge is -2.08. The maximum atomic E-state index is 12.6. The van der Waals surface area contributed by atoms with Crippen molar-refractivity contribution in [2.24, 2.45) is 5.10 Å². The number of nitrogens with zero attached hydrogens (tertiary/aromatic N) is 2. The van der Waals surface area contributed by atoms with E-state index >= 15 is 0 Å². The second-order valence-electron chi connectivity index (χ2n) is 4.97. The van der Waals surface area contributed by atoms with Gasteiger partial charge >= 0.3 is 12.1 Å². The summed E-state index contributed by atoms with van der Waals surface area (Å²) < 4.78 is 42.5. The number of anilines is 1. The lowest BCUT2D eigenvalue weighted by Crippen LogP contribution is -2.06. The van der Waals surface area contributed by atoms with Crippen molar-refractivity contribution in [2.75, 3.05) is 12.5 Å². The van der Waals surface area contributed by atoms with Crippen LogP contribution in [0.4, 0.5) is 24.5 Å². The van der Waals surface area contributed by atoms with Gasteiger partial charge in [-0.2, -0.15) is 18.3 Å². The van der Waals surface area contributed by atoms with Crippen molar-refractivity contribution in [2.45, 2.75) is 6.18 Å². The molecule has 0 aliphatic carbocycles. The van der Waals surface area contributed by atoms with E-state index in [1.165, 1.54) is 25.5 Å². The predicted molar refractivity (Wildman–Crippen MR) is 87.1 cm³/mol. The highest BCUT2D eigenvalue weighted by Crippen LogP contribution is 2.34. The topological polar surface area (TPSA) is 93.8 Å². The molecular weight excluding hydrogens is 355 g/mol. The fourth-order valence-corrected chi connectivity index (χ4v) is 1.95. The Morgan fingerprint density at radius 2 is 1.88 bits per heavy atom. The zero-order valence-electron chi connectivity index (χ0n) is 13.3. The van der Waals surface area contributed by atoms with E-state index in [2.05, 4.69) is 15.3 Å². The lowest BCUT2D eigenvalue weighted by atomic mass is 10.1. The van der Waals surface area contributed by atoms with E-state index in [0.29, 0.717) is 17.2 Å². The highest BCUT2D eigenvalue weighted by molar-refractivity contribution is 5.90. The molecule has 0 spiro atoms. The number of halogens is 3. The van der Waals surface area contributed by atoms with E-state index < -0.39 is 28.3 Å². The summed E-state index contributed by atoms with van der Waals surface area (Å²) >= 11 is 0. The van der Waals surface area contributed by atoms with Gasteiger partial charge in [0.05, 0.1) is 29.4 Å². The van der Waals surface area contributed by atoms with Crippen LogP contribution in [-0.2, 0) is 10.9 Å². The van der Waals surface area contributed by atoms with Crippen molar-refractivity contribution in [3.05, 3.63) is 69.3 Å². The molecule has 136 valence electrons. The van der Waals surface area contributed by atoms with Crippen LogP contribution in [0, 0.1) is 10.1 Å². The molecule has 2 rings (SSSR count). The molecule has 0 fully saturated rings. The quantitative estimate of drug-likeness (QED) is 0.375. The van der Waals surface area contributed by atoms with Gasteiger partial charge in [0.15, 0.2) is 0 Å². The number of carbonyl (C=O) groups is 1. The average molecular weight is 367 g/mol. The Hall–Kier alpha value is -3.43. The molecule has 1 N–H and O–H groups in total. The summed E-state index contributed by atoms with van der Waals surface area (Å²) in [6.07, 6.45) is -3.39. The Kier molecular flexibility index (Phi) is 5.55. The summed E-state index contributed by atoms with van der Waals surface area (Å²) in [7, 11) is 1.25. The molecular formula is C16H12F3N3O4. The molecule has 0 radical (unpaired) electrons. The van der Waals surface area contributed by atoms with Gasteiger partial charge in [-0.1, -0.05) is 12.1 Å². The molecule has 0 atom stereocenters. The van der Waals surface area contributed by atoms with Gasteiger partial charge in [0.1, 0.15) is 5.69 Å². The molecule has 2 aromatic carbocycles. The fourth-order valence-electron chi connectivity index (χ4n) is 1.95. The van der Waals surface area contributed by atoms with Crippen molar-refractivity contribution in [3.63, 3.8) is 0 Å². The minimum absolute atomic E-state index is 0.189.